The van der Waals surface area contributed by atoms with Crippen molar-refractivity contribution in [3.8, 4) is 0 Å². The topological polar surface area (TPSA) is 20.2 Å². The summed E-state index contributed by atoms with van der Waals surface area (Å²) >= 11 is 0. The predicted octanol–water partition coefficient (Wildman–Crippen LogP) is 3.23. The monoisotopic (exact) mass is 226 g/mol. The maximum atomic E-state index is 13.6. The van der Waals surface area contributed by atoms with Gasteiger partial charge in [-0.1, -0.05) is 13.8 Å². The summed E-state index contributed by atoms with van der Waals surface area (Å²) in [6.45, 7) is 3.89. The zero-order chi connectivity index (χ0) is 11.9. The maximum absolute atomic E-state index is 13.6. The van der Waals surface area contributed by atoms with Gasteiger partial charge in [-0.3, -0.25) is 0 Å². The minimum Gasteiger partial charge on any atom is -0.393 e. The van der Waals surface area contributed by atoms with Gasteiger partial charge in [-0.05, 0) is 42.5 Å². The lowest BCUT2D eigenvalue weighted by Gasteiger charge is -2.51. The van der Waals surface area contributed by atoms with Crippen LogP contribution in [0.3, 0.4) is 0 Å². The highest BCUT2D eigenvalue weighted by molar-refractivity contribution is 5.29. The van der Waals surface area contributed by atoms with Crippen LogP contribution in [-0.4, -0.2) is 11.2 Å². The third kappa shape index (κ3) is 1.54. The first-order valence-corrected chi connectivity index (χ1v) is 5.62. The average molecular weight is 226 g/mol. The van der Waals surface area contributed by atoms with Crippen molar-refractivity contribution in [1.82, 2.24) is 0 Å². The van der Waals surface area contributed by atoms with Crippen LogP contribution in [0.5, 0.6) is 0 Å². The highest BCUT2D eigenvalue weighted by Gasteiger charge is 2.50. The molecule has 1 saturated carbocycles. The van der Waals surface area contributed by atoms with Crippen molar-refractivity contribution in [2.45, 2.75) is 38.7 Å². The van der Waals surface area contributed by atoms with Crippen LogP contribution in [0.1, 0.15) is 38.2 Å². The maximum Gasteiger partial charge on any atom is 0.126 e. The minimum atomic E-state index is -0.420. The second kappa shape index (κ2) is 3.81. The van der Waals surface area contributed by atoms with Gasteiger partial charge in [0.1, 0.15) is 11.6 Å². The zero-order valence-electron chi connectivity index (χ0n) is 9.50. The van der Waals surface area contributed by atoms with Crippen LogP contribution in [-0.2, 0) is 0 Å². The fourth-order valence-electron chi connectivity index (χ4n) is 2.58. The van der Waals surface area contributed by atoms with Crippen molar-refractivity contribution in [3.05, 3.63) is 35.4 Å². The first-order chi connectivity index (χ1) is 7.49. The first kappa shape index (κ1) is 11.5. The minimum absolute atomic E-state index is 0.0804. The lowest BCUT2D eigenvalue weighted by Crippen LogP contribution is -2.49. The van der Waals surface area contributed by atoms with Crippen LogP contribution in [0, 0.1) is 17.0 Å². The van der Waals surface area contributed by atoms with E-state index in [-0.39, 0.29) is 17.2 Å². The van der Waals surface area contributed by atoms with Gasteiger partial charge >= 0.3 is 0 Å². The van der Waals surface area contributed by atoms with E-state index in [0.29, 0.717) is 12.0 Å². The number of hydrogen-bond donors (Lipinski definition) is 1. The van der Waals surface area contributed by atoms with Gasteiger partial charge in [-0.25, -0.2) is 8.78 Å². The zero-order valence-corrected chi connectivity index (χ0v) is 9.50. The Hall–Kier alpha value is -0.960. The largest absolute Gasteiger partial charge is 0.393 e. The number of benzene rings is 1. The fraction of sp³-hybridized carbons (Fsp3) is 0.538. The highest BCUT2D eigenvalue weighted by Crippen LogP contribution is 2.55. The molecule has 0 bridgehead atoms. The summed E-state index contributed by atoms with van der Waals surface area (Å²) in [6.07, 6.45) is 0.865. The molecular formula is C13H16F2O. The SMILES string of the molecule is CCC1(C)C(O)CC1c1cc(F)ccc1F. The lowest BCUT2D eigenvalue weighted by molar-refractivity contribution is -0.0788. The average Bonchev–Trinajstić information content (AvgIpc) is 2.28. The molecular weight excluding hydrogens is 210 g/mol. The molecule has 1 aliphatic rings. The van der Waals surface area contributed by atoms with Gasteiger partial charge in [-0.2, -0.15) is 0 Å². The summed E-state index contributed by atoms with van der Waals surface area (Å²) in [5, 5.41) is 9.74. The number of hydrogen-bond acceptors (Lipinski definition) is 1. The second-order valence-electron chi connectivity index (χ2n) is 4.83. The summed E-state index contributed by atoms with van der Waals surface area (Å²) in [4.78, 5) is 0. The van der Waals surface area contributed by atoms with Crippen LogP contribution in [0.2, 0.25) is 0 Å². The van der Waals surface area contributed by atoms with Crippen LogP contribution >= 0.6 is 0 Å². The Labute approximate surface area is 94.1 Å². The van der Waals surface area contributed by atoms with E-state index in [1.54, 1.807) is 0 Å². The molecule has 3 atom stereocenters. The molecule has 3 unspecified atom stereocenters. The number of halogens is 2. The smallest absolute Gasteiger partial charge is 0.126 e. The summed E-state index contributed by atoms with van der Waals surface area (Å²) in [5.41, 5.74) is 0.0731. The van der Waals surface area contributed by atoms with E-state index in [0.717, 1.165) is 18.6 Å². The van der Waals surface area contributed by atoms with Crippen molar-refractivity contribution in [2.75, 3.05) is 0 Å². The van der Waals surface area contributed by atoms with E-state index in [1.165, 1.54) is 6.07 Å². The molecule has 0 saturated heterocycles. The highest BCUT2D eigenvalue weighted by atomic mass is 19.1. The summed E-state index contributed by atoms with van der Waals surface area (Å²) in [6, 6.07) is 3.53. The number of rotatable bonds is 2. The van der Waals surface area contributed by atoms with E-state index in [9.17, 15) is 13.9 Å². The third-order valence-electron chi connectivity index (χ3n) is 4.11. The van der Waals surface area contributed by atoms with Crippen molar-refractivity contribution in [3.63, 3.8) is 0 Å². The molecule has 1 fully saturated rings. The summed E-state index contributed by atoms with van der Waals surface area (Å²) < 4.78 is 26.7. The van der Waals surface area contributed by atoms with Crippen LogP contribution < -0.4 is 0 Å². The predicted molar refractivity (Wildman–Crippen MR) is 58.1 cm³/mol. The molecule has 2 rings (SSSR count). The molecule has 1 nitrogen and oxygen atoms in total. The Morgan fingerprint density at radius 3 is 2.69 bits per heavy atom. The number of aliphatic hydroxyl groups excluding tert-OH is 1. The Balaban J connectivity index is 2.36. The van der Waals surface area contributed by atoms with Gasteiger partial charge in [0.25, 0.3) is 0 Å². The third-order valence-corrected chi connectivity index (χ3v) is 4.11. The molecule has 0 aromatic heterocycles. The number of aliphatic hydroxyl groups is 1. The Morgan fingerprint density at radius 2 is 2.12 bits per heavy atom. The van der Waals surface area contributed by atoms with E-state index in [1.807, 2.05) is 13.8 Å². The second-order valence-corrected chi connectivity index (χ2v) is 4.83. The van der Waals surface area contributed by atoms with Gasteiger partial charge in [0.15, 0.2) is 0 Å². The molecule has 0 aliphatic heterocycles. The molecule has 0 spiro atoms. The molecule has 1 aromatic carbocycles. The van der Waals surface area contributed by atoms with Gasteiger partial charge in [-0.15, -0.1) is 0 Å². The Bertz CT molecular complexity index is 405. The van der Waals surface area contributed by atoms with E-state index in [2.05, 4.69) is 0 Å². The molecule has 0 radical (unpaired) electrons. The van der Waals surface area contributed by atoms with Crippen LogP contribution in [0.15, 0.2) is 18.2 Å². The lowest BCUT2D eigenvalue weighted by atomic mass is 9.55. The van der Waals surface area contributed by atoms with Crippen molar-refractivity contribution in [1.29, 1.82) is 0 Å². The first-order valence-electron chi connectivity index (χ1n) is 5.62. The molecule has 1 aromatic rings. The fourth-order valence-corrected chi connectivity index (χ4v) is 2.58. The summed E-state index contributed by atoms with van der Waals surface area (Å²) in [7, 11) is 0. The van der Waals surface area contributed by atoms with Gasteiger partial charge in [0.2, 0.25) is 0 Å². The molecule has 0 heterocycles. The quantitative estimate of drug-likeness (QED) is 0.820. The van der Waals surface area contributed by atoms with E-state index in [4.69, 9.17) is 0 Å². The Kier molecular flexibility index (Phi) is 2.74. The molecule has 1 N–H and O–H groups in total. The van der Waals surface area contributed by atoms with E-state index >= 15 is 0 Å². The van der Waals surface area contributed by atoms with Crippen molar-refractivity contribution >= 4 is 0 Å². The molecule has 3 heteroatoms. The van der Waals surface area contributed by atoms with Gasteiger partial charge in [0, 0.05) is 5.41 Å². The molecule has 16 heavy (non-hydrogen) atoms. The van der Waals surface area contributed by atoms with Crippen molar-refractivity contribution < 1.29 is 13.9 Å². The van der Waals surface area contributed by atoms with E-state index < -0.39 is 11.9 Å². The standard InChI is InChI=1S/C13H16F2O/c1-3-13(2)10(7-12(13)16)9-6-8(14)4-5-11(9)15/h4-6,10,12,16H,3,7H2,1-2H3. The molecule has 0 amide bonds. The molecule has 1 aliphatic carbocycles. The van der Waals surface area contributed by atoms with Gasteiger partial charge in [0.05, 0.1) is 6.10 Å². The van der Waals surface area contributed by atoms with Crippen LogP contribution in [0.25, 0.3) is 0 Å². The van der Waals surface area contributed by atoms with Crippen molar-refractivity contribution in [2.24, 2.45) is 5.41 Å². The van der Waals surface area contributed by atoms with Crippen LogP contribution in [0.4, 0.5) is 8.78 Å². The Morgan fingerprint density at radius 1 is 1.44 bits per heavy atom. The summed E-state index contributed by atoms with van der Waals surface area (Å²) in [5.74, 6) is -0.877. The normalized spacial score (nSPS) is 33.6. The van der Waals surface area contributed by atoms with Gasteiger partial charge < -0.3 is 5.11 Å². The molecule has 88 valence electrons.